The zero-order valence-corrected chi connectivity index (χ0v) is 12.8. The van der Waals surface area contributed by atoms with Crippen LogP contribution in [0, 0.1) is 5.92 Å². The molecule has 2 saturated heterocycles. The summed E-state index contributed by atoms with van der Waals surface area (Å²) in [7, 11) is 0. The minimum Gasteiger partial charge on any atom is -0.389 e. The number of nitrogens with zero attached hydrogens (tertiary/aromatic N) is 2. The molecule has 0 amide bonds. The Morgan fingerprint density at radius 2 is 2.14 bits per heavy atom. The maximum Gasteiger partial charge on any atom is 0.183 e. The molecule has 5 atom stereocenters. The summed E-state index contributed by atoms with van der Waals surface area (Å²) in [6.45, 7) is 1.50. The van der Waals surface area contributed by atoms with Crippen molar-refractivity contribution in [3.05, 3.63) is 18.5 Å². The van der Waals surface area contributed by atoms with Crippen molar-refractivity contribution in [1.82, 2.24) is 15.1 Å². The largest absolute Gasteiger partial charge is 0.389 e. The van der Waals surface area contributed by atoms with E-state index in [4.69, 9.17) is 9.47 Å². The van der Waals surface area contributed by atoms with E-state index in [0.717, 1.165) is 12.5 Å². The molecule has 6 nitrogen and oxygen atoms in total. The molecule has 2 N–H and O–H groups in total. The van der Waals surface area contributed by atoms with Crippen LogP contribution in [0.2, 0.25) is 0 Å². The molecule has 6 heteroatoms. The molecule has 1 aliphatic carbocycles. The van der Waals surface area contributed by atoms with Gasteiger partial charge in [0.05, 0.1) is 18.8 Å². The maximum absolute atomic E-state index is 10.8. The van der Waals surface area contributed by atoms with Crippen LogP contribution in [-0.2, 0) is 9.47 Å². The summed E-state index contributed by atoms with van der Waals surface area (Å²) in [6.07, 6.45) is 9.20. The summed E-state index contributed by atoms with van der Waals surface area (Å²) in [5.41, 5.74) is 0. The van der Waals surface area contributed by atoms with Crippen LogP contribution in [0.1, 0.15) is 38.1 Å². The van der Waals surface area contributed by atoms with Gasteiger partial charge in [0.2, 0.25) is 0 Å². The summed E-state index contributed by atoms with van der Waals surface area (Å²) in [6, 6.07) is 1.49. The molecule has 1 saturated carbocycles. The van der Waals surface area contributed by atoms with Gasteiger partial charge in [0, 0.05) is 12.4 Å². The van der Waals surface area contributed by atoms with Gasteiger partial charge >= 0.3 is 0 Å². The second kappa shape index (κ2) is 6.28. The van der Waals surface area contributed by atoms with E-state index in [1.807, 2.05) is 12.3 Å². The number of hydrogen-bond donors (Lipinski definition) is 2. The van der Waals surface area contributed by atoms with Crippen LogP contribution in [0.5, 0.6) is 0 Å². The number of hydrogen-bond acceptors (Lipinski definition) is 5. The number of rotatable bonds is 4. The molecule has 3 fully saturated rings. The number of aliphatic hydroxyl groups excluding tert-OH is 1. The highest BCUT2D eigenvalue weighted by Gasteiger charge is 2.51. The van der Waals surface area contributed by atoms with Crippen molar-refractivity contribution in [3.8, 4) is 0 Å². The molecule has 0 aromatic carbocycles. The summed E-state index contributed by atoms with van der Waals surface area (Å²) >= 11 is 0. The lowest BCUT2D eigenvalue weighted by Crippen LogP contribution is -2.58. The third-order valence-electron chi connectivity index (χ3n) is 5.33. The van der Waals surface area contributed by atoms with E-state index in [-0.39, 0.29) is 18.2 Å². The van der Waals surface area contributed by atoms with Crippen molar-refractivity contribution in [2.24, 2.45) is 5.92 Å². The van der Waals surface area contributed by atoms with E-state index in [9.17, 15) is 5.11 Å². The summed E-state index contributed by atoms with van der Waals surface area (Å²) in [5, 5.41) is 18.7. The molecule has 22 heavy (non-hydrogen) atoms. The Balaban J connectivity index is 1.44. The van der Waals surface area contributed by atoms with E-state index < -0.39 is 12.4 Å². The Hall–Kier alpha value is -0.950. The Labute approximate surface area is 130 Å². The summed E-state index contributed by atoms with van der Waals surface area (Å²) in [4.78, 5) is 0. The fourth-order valence-corrected chi connectivity index (χ4v) is 4.09. The van der Waals surface area contributed by atoms with Crippen LogP contribution in [0.15, 0.2) is 18.5 Å². The third kappa shape index (κ3) is 2.69. The van der Waals surface area contributed by atoms with E-state index in [1.165, 1.54) is 32.1 Å². The van der Waals surface area contributed by atoms with E-state index in [2.05, 4.69) is 10.4 Å². The highest BCUT2D eigenvalue weighted by Crippen LogP contribution is 2.35. The summed E-state index contributed by atoms with van der Waals surface area (Å²) in [5.74, 6) is 0.726. The first-order valence-corrected chi connectivity index (χ1v) is 8.50. The van der Waals surface area contributed by atoms with Gasteiger partial charge in [-0.05, 0) is 31.4 Å². The minimum absolute atomic E-state index is 0.0598. The van der Waals surface area contributed by atoms with Crippen molar-refractivity contribution < 1.29 is 14.6 Å². The Bertz CT molecular complexity index is 475. The fraction of sp³-hybridized carbons (Fsp3) is 0.812. The second-order valence-corrected chi connectivity index (χ2v) is 6.78. The van der Waals surface area contributed by atoms with Gasteiger partial charge in [0.25, 0.3) is 0 Å². The molecule has 0 radical (unpaired) electrons. The minimum atomic E-state index is -0.547. The molecular weight excluding hydrogens is 282 g/mol. The van der Waals surface area contributed by atoms with Crippen molar-refractivity contribution in [2.75, 3.05) is 13.2 Å². The highest BCUT2D eigenvalue weighted by molar-refractivity contribution is 5.00. The zero-order chi connectivity index (χ0) is 14.9. The standard InChI is InChI=1S/C16H25N3O3/c20-15-13(17-9-11-5-2-1-3-6-11)12-10-21-16(22-12)14(15)19-8-4-7-18-19/h4,7-8,11-17,20H,1-3,5-6,9-10H2. The van der Waals surface area contributed by atoms with Crippen LogP contribution in [0.3, 0.4) is 0 Å². The first kappa shape index (κ1) is 14.6. The van der Waals surface area contributed by atoms with E-state index in [0.29, 0.717) is 6.61 Å². The van der Waals surface area contributed by atoms with Gasteiger partial charge in [-0.15, -0.1) is 0 Å². The summed E-state index contributed by atoms with van der Waals surface area (Å²) < 4.78 is 13.4. The van der Waals surface area contributed by atoms with Crippen molar-refractivity contribution >= 4 is 0 Å². The molecule has 122 valence electrons. The number of aromatic nitrogens is 2. The van der Waals surface area contributed by atoms with Crippen LogP contribution < -0.4 is 5.32 Å². The molecule has 2 bridgehead atoms. The Morgan fingerprint density at radius 1 is 1.27 bits per heavy atom. The Kier molecular flexibility index (Phi) is 4.17. The fourth-order valence-electron chi connectivity index (χ4n) is 4.09. The molecule has 5 unspecified atom stereocenters. The molecule has 1 aromatic heterocycles. The molecule has 3 heterocycles. The lowest BCUT2D eigenvalue weighted by molar-refractivity contribution is -0.168. The zero-order valence-electron chi connectivity index (χ0n) is 12.8. The first-order chi connectivity index (χ1) is 10.8. The molecule has 0 spiro atoms. The van der Waals surface area contributed by atoms with Crippen LogP contribution in [-0.4, -0.2) is 52.6 Å². The van der Waals surface area contributed by atoms with E-state index >= 15 is 0 Å². The SMILES string of the molecule is OC1C(NCC2CCCCC2)C2COC(O2)C1n1cccn1. The number of fused-ring (bicyclic) bond motifs is 2. The molecule has 3 aliphatic rings. The predicted molar refractivity (Wildman–Crippen MR) is 80.2 cm³/mol. The number of aliphatic hydroxyl groups is 1. The van der Waals surface area contributed by atoms with Crippen molar-refractivity contribution in [3.63, 3.8) is 0 Å². The maximum atomic E-state index is 10.8. The van der Waals surface area contributed by atoms with Gasteiger partial charge < -0.3 is 19.9 Å². The first-order valence-electron chi connectivity index (χ1n) is 8.50. The number of nitrogens with one attached hydrogen (secondary N) is 1. The van der Waals surface area contributed by atoms with Gasteiger partial charge in [-0.1, -0.05) is 19.3 Å². The number of ether oxygens (including phenoxy) is 2. The van der Waals surface area contributed by atoms with Crippen molar-refractivity contribution in [1.29, 1.82) is 0 Å². The molecule has 4 rings (SSSR count). The third-order valence-corrected chi connectivity index (χ3v) is 5.33. The van der Waals surface area contributed by atoms with Crippen LogP contribution in [0.4, 0.5) is 0 Å². The topological polar surface area (TPSA) is 68.5 Å². The molecule has 2 aliphatic heterocycles. The average molecular weight is 307 g/mol. The lowest BCUT2D eigenvalue weighted by Gasteiger charge is -2.39. The monoisotopic (exact) mass is 307 g/mol. The lowest BCUT2D eigenvalue weighted by atomic mass is 9.88. The van der Waals surface area contributed by atoms with Crippen LogP contribution in [0.25, 0.3) is 0 Å². The van der Waals surface area contributed by atoms with Gasteiger partial charge in [-0.2, -0.15) is 5.10 Å². The van der Waals surface area contributed by atoms with Crippen molar-refractivity contribution in [2.45, 2.75) is 62.7 Å². The smallest absolute Gasteiger partial charge is 0.183 e. The quantitative estimate of drug-likeness (QED) is 0.871. The predicted octanol–water partition coefficient (Wildman–Crippen LogP) is 1.08. The van der Waals surface area contributed by atoms with Crippen LogP contribution >= 0.6 is 0 Å². The van der Waals surface area contributed by atoms with Gasteiger partial charge in [0.1, 0.15) is 12.1 Å². The second-order valence-electron chi connectivity index (χ2n) is 6.78. The van der Waals surface area contributed by atoms with Gasteiger partial charge in [-0.3, -0.25) is 4.68 Å². The molecular formula is C16H25N3O3. The Morgan fingerprint density at radius 3 is 2.91 bits per heavy atom. The normalized spacial score (nSPS) is 39.2. The molecule has 1 aromatic rings. The van der Waals surface area contributed by atoms with Gasteiger partial charge in [-0.25, -0.2) is 0 Å². The van der Waals surface area contributed by atoms with E-state index in [1.54, 1.807) is 10.9 Å². The highest BCUT2D eigenvalue weighted by atomic mass is 16.7. The average Bonchev–Trinajstić information content (AvgIpc) is 3.20. The van der Waals surface area contributed by atoms with Gasteiger partial charge in [0.15, 0.2) is 6.29 Å².